The summed E-state index contributed by atoms with van der Waals surface area (Å²) in [4.78, 5) is 8.98. The topological polar surface area (TPSA) is 148 Å². The van der Waals surface area contributed by atoms with E-state index < -0.39 is 6.29 Å². The highest BCUT2D eigenvalue weighted by molar-refractivity contribution is 6.03. The van der Waals surface area contributed by atoms with Crippen LogP contribution in [0.25, 0.3) is 0 Å². The predicted molar refractivity (Wildman–Crippen MR) is 50.1 cm³/mol. The van der Waals surface area contributed by atoms with E-state index in [1.54, 1.807) is 0 Å². The predicted octanol–water partition coefficient (Wildman–Crippen LogP) is -2.50. The van der Waals surface area contributed by atoms with E-state index in [2.05, 4.69) is 25.4 Å². The zero-order valence-electron chi connectivity index (χ0n) is 7.12. The first-order valence-corrected chi connectivity index (χ1v) is 3.76. The maximum Gasteiger partial charge on any atom is 0.221 e. The van der Waals surface area contributed by atoms with Gasteiger partial charge in [0.15, 0.2) is 12.1 Å². The number of hydrogen-bond acceptors (Lipinski definition) is 8. The van der Waals surface area contributed by atoms with Crippen LogP contribution in [0.2, 0.25) is 0 Å². The molecule has 2 heterocycles. The summed E-state index contributed by atoms with van der Waals surface area (Å²) in [6, 6.07) is 0. The van der Waals surface area contributed by atoms with Crippen LogP contribution in [0.15, 0.2) is 16.2 Å². The Kier molecular flexibility index (Phi) is 1.78. The Hall–Kier alpha value is -2.16. The Morgan fingerprint density at radius 2 is 2.21 bits per heavy atom. The molecule has 0 aliphatic carbocycles. The SMILES string of the molecule is NC1=NC(N)N(c2cn[nH]n2)C(N)=N1. The van der Waals surface area contributed by atoms with Crippen molar-refractivity contribution in [3.8, 4) is 0 Å². The number of aromatic amines is 1. The van der Waals surface area contributed by atoms with Crippen LogP contribution in [0, 0.1) is 0 Å². The van der Waals surface area contributed by atoms with Crippen molar-refractivity contribution < 1.29 is 0 Å². The van der Waals surface area contributed by atoms with Crippen molar-refractivity contribution in [3.05, 3.63) is 6.20 Å². The van der Waals surface area contributed by atoms with Crippen molar-refractivity contribution in [2.75, 3.05) is 4.90 Å². The van der Waals surface area contributed by atoms with Gasteiger partial charge in [0.1, 0.15) is 0 Å². The number of nitrogens with two attached hydrogens (primary N) is 3. The van der Waals surface area contributed by atoms with Gasteiger partial charge in [-0.25, -0.2) is 4.99 Å². The van der Waals surface area contributed by atoms with Gasteiger partial charge in [-0.05, 0) is 0 Å². The van der Waals surface area contributed by atoms with Crippen LogP contribution in [0.1, 0.15) is 0 Å². The molecule has 1 unspecified atom stereocenters. The van der Waals surface area contributed by atoms with Crippen molar-refractivity contribution in [2.45, 2.75) is 6.29 Å². The molecule has 9 heteroatoms. The Labute approximate surface area is 78.7 Å². The quantitative estimate of drug-likeness (QED) is 0.389. The summed E-state index contributed by atoms with van der Waals surface area (Å²) >= 11 is 0. The molecule has 1 atom stereocenters. The third kappa shape index (κ3) is 1.25. The average molecular weight is 195 g/mol. The van der Waals surface area contributed by atoms with Gasteiger partial charge in [-0.3, -0.25) is 10.6 Å². The minimum Gasteiger partial charge on any atom is -0.369 e. The number of aliphatic imine (C=N–C) groups is 2. The summed E-state index contributed by atoms with van der Waals surface area (Å²) in [6.07, 6.45) is 0.733. The second-order valence-corrected chi connectivity index (χ2v) is 2.57. The average Bonchev–Trinajstić information content (AvgIpc) is 2.54. The molecule has 9 nitrogen and oxygen atoms in total. The zero-order valence-corrected chi connectivity index (χ0v) is 7.12. The van der Waals surface area contributed by atoms with E-state index in [1.807, 2.05) is 0 Å². The number of rotatable bonds is 1. The second-order valence-electron chi connectivity index (χ2n) is 2.57. The summed E-state index contributed by atoms with van der Waals surface area (Å²) in [7, 11) is 0. The van der Waals surface area contributed by atoms with E-state index in [0.29, 0.717) is 5.82 Å². The summed E-state index contributed by atoms with van der Waals surface area (Å²) in [6.45, 7) is 0. The number of nitrogens with zero attached hydrogens (tertiary/aromatic N) is 5. The van der Waals surface area contributed by atoms with Crippen molar-refractivity contribution >= 4 is 17.7 Å². The zero-order chi connectivity index (χ0) is 10.1. The lowest BCUT2D eigenvalue weighted by Gasteiger charge is -2.26. The minimum atomic E-state index is -0.724. The molecule has 14 heavy (non-hydrogen) atoms. The van der Waals surface area contributed by atoms with Crippen LogP contribution in [-0.4, -0.2) is 33.6 Å². The van der Waals surface area contributed by atoms with Crippen molar-refractivity contribution in [1.29, 1.82) is 0 Å². The highest BCUT2D eigenvalue weighted by atomic mass is 15.5. The van der Waals surface area contributed by atoms with Crippen LogP contribution >= 0.6 is 0 Å². The highest BCUT2D eigenvalue weighted by Crippen LogP contribution is 2.11. The molecule has 7 N–H and O–H groups in total. The largest absolute Gasteiger partial charge is 0.369 e. The lowest BCUT2D eigenvalue weighted by atomic mass is 10.5. The summed E-state index contributed by atoms with van der Waals surface area (Å²) in [5.41, 5.74) is 16.6. The summed E-state index contributed by atoms with van der Waals surface area (Å²) in [5.74, 6) is 0.628. The Balaban J connectivity index is 2.35. The minimum absolute atomic E-state index is 0.0507. The van der Waals surface area contributed by atoms with Gasteiger partial charge in [0.2, 0.25) is 11.9 Å². The molecule has 0 bridgehead atoms. The normalized spacial score (nSPS) is 21.8. The van der Waals surface area contributed by atoms with E-state index in [4.69, 9.17) is 17.2 Å². The molecule has 2 rings (SSSR count). The molecule has 1 aliphatic heterocycles. The van der Waals surface area contributed by atoms with Crippen molar-refractivity contribution in [1.82, 2.24) is 15.4 Å². The second kappa shape index (κ2) is 2.96. The number of aromatic nitrogens is 3. The third-order valence-electron chi connectivity index (χ3n) is 1.65. The third-order valence-corrected chi connectivity index (χ3v) is 1.65. The Morgan fingerprint density at radius 1 is 1.43 bits per heavy atom. The van der Waals surface area contributed by atoms with E-state index in [1.165, 1.54) is 11.1 Å². The fourth-order valence-corrected chi connectivity index (χ4v) is 1.09. The van der Waals surface area contributed by atoms with Crippen LogP contribution < -0.4 is 22.1 Å². The van der Waals surface area contributed by atoms with Gasteiger partial charge in [0.25, 0.3) is 0 Å². The lowest BCUT2D eigenvalue weighted by Crippen LogP contribution is -2.52. The number of guanidine groups is 2. The molecule has 0 saturated carbocycles. The molecule has 0 fully saturated rings. The molecule has 0 aromatic carbocycles. The van der Waals surface area contributed by atoms with Gasteiger partial charge in [-0.2, -0.15) is 15.3 Å². The van der Waals surface area contributed by atoms with Gasteiger partial charge < -0.3 is 11.5 Å². The van der Waals surface area contributed by atoms with Crippen molar-refractivity contribution in [3.63, 3.8) is 0 Å². The van der Waals surface area contributed by atoms with Crippen LogP contribution in [0.5, 0.6) is 0 Å². The van der Waals surface area contributed by atoms with Gasteiger partial charge >= 0.3 is 0 Å². The molecule has 1 aromatic heterocycles. The first-order chi connectivity index (χ1) is 6.68. The first kappa shape index (κ1) is 8.44. The molecule has 0 radical (unpaired) electrons. The number of anilines is 1. The van der Waals surface area contributed by atoms with Crippen LogP contribution in [0.4, 0.5) is 5.82 Å². The summed E-state index contributed by atoms with van der Waals surface area (Å²) in [5, 5.41) is 9.86. The number of H-pyrrole nitrogens is 1. The fourth-order valence-electron chi connectivity index (χ4n) is 1.09. The van der Waals surface area contributed by atoms with E-state index in [9.17, 15) is 0 Å². The van der Waals surface area contributed by atoms with E-state index in [0.717, 1.165) is 0 Å². The van der Waals surface area contributed by atoms with E-state index >= 15 is 0 Å². The highest BCUT2D eigenvalue weighted by Gasteiger charge is 2.24. The summed E-state index contributed by atoms with van der Waals surface area (Å²) < 4.78 is 0. The van der Waals surface area contributed by atoms with Crippen molar-refractivity contribution in [2.24, 2.45) is 27.2 Å². The Bertz CT molecular complexity index is 376. The molecule has 1 aromatic rings. The van der Waals surface area contributed by atoms with E-state index in [-0.39, 0.29) is 11.9 Å². The monoisotopic (exact) mass is 195 g/mol. The lowest BCUT2D eigenvalue weighted by molar-refractivity contribution is 0.708. The van der Waals surface area contributed by atoms with Gasteiger partial charge in [-0.1, -0.05) is 0 Å². The van der Waals surface area contributed by atoms with Gasteiger partial charge in [0, 0.05) is 0 Å². The molecular formula is C5H9N9. The maximum atomic E-state index is 5.67. The maximum absolute atomic E-state index is 5.67. The molecule has 0 spiro atoms. The smallest absolute Gasteiger partial charge is 0.221 e. The first-order valence-electron chi connectivity index (χ1n) is 3.76. The van der Waals surface area contributed by atoms with Gasteiger partial charge in [-0.15, -0.1) is 5.10 Å². The molecule has 1 aliphatic rings. The van der Waals surface area contributed by atoms with Crippen LogP contribution in [0.3, 0.4) is 0 Å². The molecule has 0 saturated heterocycles. The van der Waals surface area contributed by atoms with Gasteiger partial charge in [0.05, 0.1) is 6.20 Å². The fraction of sp³-hybridized carbons (Fsp3) is 0.200. The number of nitrogens with one attached hydrogen (secondary N) is 1. The molecule has 0 amide bonds. The van der Waals surface area contributed by atoms with Crippen LogP contribution in [-0.2, 0) is 0 Å². The number of hydrogen-bond donors (Lipinski definition) is 4. The Morgan fingerprint density at radius 3 is 2.79 bits per heavy atom. The standard InChI is InChI=1S/C5H9N9/c6-3-10-4(7)14(5(8)11-3)2-1-9-13-12-2/h1,4H,7H2,(H,9,12,13)(H4,6,8,10,11). The molecular weight excluding hydrogens is 186 g/mol. The molecule has 74 valence electrons.